The standard InChI is InChI=1S/C22H21N3O2S/c1-15(26)24-18-9-8-16-13-22(2,14-17(16)12-18)20(27)25(21-23-10-11-28-21)19-6-4-3-5-7-19/h3-12H,13-14H2,1-2H3,(H,24,26). The number of hydrogen-bond donors (Lipinski definition) is 1. The molecule has 1 atom stereocenters. The van der Waals surface area contributed by atoms with Gasteiger partial charge in [0.05, 0.1) is 11.1 Å². The average Bonchev–Trinajstić information content (AvgIpc) is 3.30. The lowest BCUT2D eigenvalue weighted by atomic mass is 9.85. The number of benzene rings is 2. The van der Waals surface area contributed by atoms with Crippen LogP contribution in [-0.4, -0.2) is 16.8 Å². The van der Waals surface area contributed by atoms with Crippen molar-refractivity contribution in [1.29, 1.82) is 0 Å². The molecule has 0 saturated heterocycles. The summed E-state index contributed by atoms with van der Waals surface area (Å²) in [6.07, 6.45) is 3.01. The molecule has 6 heteroatoms. The predicted octanol–water partition coefficient (Wildman–Crippen LogP) is 4.57. The van der Waals surface area contributed by atoms with E-state index in [-0.39, 0.29) is 11.8 Å². The van der Waals surface area contributed by atoms with E-state index in [0.29, 0.717) is 18.0 Å². The normalized spacial score (nSPS) is 17.8. The van der Waals surface area contributed by atoms with Crippen molar-refractivity contribution in [2.45, 2.75) is 26.7 Å². The van der Waals surface area contributed by atoms with E-state index < -0.39 is 5.41 Å². The minimum absolute atomic E-state index is 0.0333. The molecule has 0 fully saturated rings. The quantitative estimate of drug-likeness (QED) is 0.709. The summed E-state index contributed by atoms with van der Waals surface area (Å²) in [6, 6.07) is 15.5. The Labute approximate surface area is 168 Å². The number of thiazole rings is 1. The van der Waals surface area contributed by atoms with Crippen molar-refractivity contribution < 1.29 is 9.59 Å². The SMILES string of the molecule is CC(=O)Nc1ccc2c(c1)CC(C)(C(=O)N(c1ccccc1)c1nccs1)C2. The molecule has 1 heterocycles. The topological polar surface area (TPSA) is 62.3 Å². The van der Waals surface area contributed by atoms with Gasteiger partial charge in [-0.1, -0.05) is 31.2 Å². The van der Waals surface area contributed by atoms with Crippen molar-refractivity contribution in [3.8, 4) is 0 Å². The molecule has 1 unspecified atom stereocenters. The minimum atomic E-state index is -0.571. The highest BCUT2D eigenvalue weighted by Crippen LogP contribution is 2.42. The van der Waals surface area contributed by atoms with E-state index in [1.165, 1.54) is 18.3 Å². The molecule has 0 radical (unpaired) electrons. The Morgan fingerprint density at radius 3 is 2.54 bits per heavy atom. The fourth-order valence-corrected chi connectivity index (χ4v) is 4.45. The lowest BCUT2D eigenvalue weighted by Crippen LogP contribution is -2.40. The Morgan fingerprint density at radius 1 is 1.11 bits per heavy atom. The maximum atomic E-state index is 13.7. The van der Waals surface area contributed by atoms with Crippen LogP contribution in [0.5, 0.6) is 0 Å². The second-order valence-electron chi connectivity index (χ2n) is 7.37. The molecule has 0 aliphatic heterocycles. The van der Waals surface area contributed by atoms with Gasteiger partial charge in [-0.05, 0) is 48.2 Å². The number of rotatable bonds is 4. The third kappa shape index (κ3) is 3.43. The van der Waals surface area contributed by atoms with Gasteiger partial charge in [0, 0.05) is 24.2 Å². The molecule has 142 valence electrons. The molecule has 2 amide bonds. The molecule has 2 aromatic carbocycles. The van der Waals surface area contributed by atoms with Gasteiger partial charge in [-0.25, -0.2) is 4.98 Å². The van der Waals surface area contributed by atoms with Crippen molar-refractivity contribution in [2.24, 2.45) is 5.41 Å². The number of aromatic nitrogens is 1. The zero-order chi connectivity index (χ0) is 19.7. The van der Waals surface area contributed by atoms with Gasteiger partial charge in [0.1, 0.15) is 0 Å². The molecule has 3 aromatic rings. The fraction of sp³-hybridized carbons (Fsp3) is 0.227. The number of anilines is 3. The molecular weight excluding hydrogens is 370 g/mol. The monoisotopic (exact) mass is 391 g/mol. The molecule has 1 N–H and O–H groups in total. The fourth-order valence-electron chi connectivity index (χ4n) is 3.79. The lowest BCUT2D eigenvalue weighted by Gasteiger charge is -2.30. The van der Waals surface area contributed by atoms with Crippen LogP contribution in [0.4, 0.5) is 16.5 Å². The predicted molar refractivity (Wildman–Crippen MR) is 112 cm³/mol. The van der Waals surface area contributed by atoms with Gasteiger partial charge in [-0.2, -0.15) is 0 Å². The van der Waals surface area contributed by atoms with E-state index in [1.807, 2.05) is 60.8 Å². The number of hydrogen-bond acceptors (Lipinski definition) is 4. The Kier molecular flexibility index (Phi) is 4.73. The summed E-state index contributed by atoms with van der Waals surface area (Å²) < 4.78 is 0. The zero-order valence-electron chi connectivity index (χ0n) is 15.8. The van der Waals surface area contributed by atoms with Crippen molar-refractivity contribution in [3.05, 3.63) is 71.2 Å². The van der Waals surface area contributed by atoms with E-state index >= 15 is 0 Å². The highest BCUT2D eigenvalue weighted by molar-refractivity contribution is 7.13. The smallest absolute Gasteiger partial charge is 0.239 e. The van der Waals surface area contributed by atoms with Crippen molar-refractivity contribution in [2.75, 3.05) is 10.2 Å². The molecule has 1 aliphatic rings. The summed E-state index contributed by atoms with van der Waals surface area (Å²) in [5, 5.41) is 5.37. The molecule has 5 nitrogen and oxygen atoms in total. The summed E-state index contributed by atoms with van der Waals surface area (Å²) in [7, 11) is 0. The average molecular weight is 391 g/mol. The maximum Gasteiger partial charge on any atom is 0.239 e. The van der Waals surface area contributed by atoms with Crippen molar-refractivity contribution in [1.82, 2.24) is 4.98 Å². The van der Waals surface area contributed by atoms with Crippen LogP contribution >= 0.6 is 11.3 Å². The summed E-state index contributed by atoms with van der Waals surface area (Å²) in [6.45, 7) is 3.50. The van der Waals surface area contributed by atoms with Gasteiger partial charge in [0.15, 0.2) is 5.13 Å². The molecule has 28 heavy (non-hydrogen) atoms. The number of carbonyl (C=O) groups is 2. The molecule has 0 bridgehead atoms. The first-order chi connectivity index (χ1) is 13.5. The van der Waals surface area contributed by atoms with E-state index in [1.54, 1.807) is 11.1 Å². The Bertz CT molecular complexity index is 1020. The van der Waals surface area contributed by atoms with Crippen molar-refractivity contribution in [3.63, 3.8) is 0 Å². The largest absolute Gasteiger partial charge is 0.326 e. The molecule has 0 saturated carbocycles. The van der Waals surface area contributed by atoms with Gasteiger partial charge < -0.3 is 5.32 Å². The number of carbonyl (C=O) groups excluding carboxylic acids is 2. The second kappa shape index (κ2) is 7.20. The third-order valence-electron chi connectivity index (χ3n) is 5.03. The van der Waals surface area contributed by atoms with E-state index in [0.717, 1.165) is 22.5 Å². The summed E-state index contributed by atoms with van der Waals surface area (Å²) in [5.74, 6) is -0.0678. The van der Waals surface area contributed by atoms with E-state index in [4.69, 9.17) is 0 Å². The van der Waals surface area contributed by atoms with Crippen molar-refractivity contribution >= 4 is 39.7 Å². The van der Waals surface area contributed by atoms with Gasteiger partial charge in [-0.15, -0.1) is 11.3 Å². The van der Waals surface area contributed by atoms with Crippen LogP contribution in [-0.2, 0) is 22.4 Å². The van der Waals surface area contributed by atoms with Gasteiger partial charge in [0.2, 0.25) is 11.8 Å². The number of fused-ring (bicyclic) bond motifs is 1. The molecular formula is C22H21N3O2S. The highest BCUT2D eigenvalue weighted by atomic mass is 32.1. The van der Waals surface area contributed by atoms with Crippen LogP contribution in [0.1, 0.15) is 25.0 Å². The van der Waals surface area contributed by atoms with Crippen LogP contribution in [0.2, 0.25) is 0 Å². The van der Waals surface area contributed by atoms with Crippen LogP contribution in [0.3, 0.4) is 0 Å². The molecule has 0 spiro atoms. The van der Waals surface area contributed by atoms with Crippen LogP contribution < -0.4 is 10.2 Å². The number of amides is 2. The first-order valence-corrected chi connectivity index (χ1v) is 10.0. The second-order valence-corrected chi connectivity index (χ2v) is 8.24. The summed E-state index contributed by atoms with van der Waals surface area (Å²) in [5.41, 5.74) is 3.27. The summed E-state index contributed by atoms with van der Waals surface area (Å²) in [4.78, 5) is 31.2. The first kappa shape index (κ1) is 18.4. The highest BCUT2D eigenvalue weighted by Gasteiger charge is 2.43. The van der Waals surface area contributed by atoms with Crippen LogP contribution in [0.15, 0.2) is 60.1 Å². The lowest BCUT2D eigenvalue weighted by molar-refractivity contribution is -0.126. The van der Waals surface area contributed by atoms with E-state index in [2.05, 4.69) is 10.3 Å². The first-order valence-electron chi connectivity index (χ1n) is 9.15. The minimum Gasteiger partial charge on any atom is -0.326 e. The van der Waals surface area contributed by atoms with Crippen LogP contribution in [0, 0.1) is 5.41 Å². The molecule has 1 aliphatic carbocycles. The number of nitrogens with one attached hydrogen (secondary N) is 1. The number of para-hydroxylation sites is 1. The maximum absolute atomic E-state index is 13.7. The van der Waals surface area contributed by atoms with Gasteiger partial charge >= 0.3 is 0 Å². The number of nitrogens with zero attached hydrogens (tertiary/aromatic N) is 2. The Hall–Kier alpha value is -2.99. The molecule has 4 rings (SSSR count). The van der Waals surface area contributed by atoms with E-state index in [9.17, 15) is 9.59 Å². The third-order valence-corrected chi connectivity index (χ3v) is 5.79. The molecule has 1 aromatic heterocycles. The Balaban J connectivity index is 1.66. The van der Waals surface area contributed by atoms with Crippen LogP contribution in [0.25, 0.3) is 0 Å². The Morgan fingerprint density at radius 2 is 1.86 bits per heavy atom. The summed E-state index contributed by atoms with van der Waals surface area (Å²) >= 11 is 1.45. The zero-order valence-corrected chi connectivity index (χ0v) is 16.6. The van der Waals surface area contributed by atoms with Gasteiger partial charge in [-0.3, -0.25) is 14.5 Å². The van der Waals surface area contributed by atoms with Gasteiger partial charge in [0.25, 0.3) is 0 Å².